The molecule has 2 aromatic heterocycles. The van der Waals surface area contributed by atoms with Gasteiger partial charge in [-0.25, -0.2) is 0 Å². The highest BCUT2D eigenvalue weighted by molar-refractivity contribution is 5.94. The second kappa shape index (κ2) is 6.76. The normalized spacial score (nSPS) is 10.8. The van der Waals surface area contributed by atoms with Gasteiger partial charge in [0.2, 0.25) is 11.9 Å². The third-order valence-corrected chi connectivity index (χ3v) is 4.00. The molecule has 3 aromatic rings. The molecule has 0 bridgehead atoms. The number of nitrogens with zero attached hydrogens (tertiary/aromatic N) is 5. The van der Waals surface area contributed by atoms with Crippen molar-refractivity contribution in [3.8, 4) is 0 Å². The number of nitrogen functional groups attached to an aromatic ring is 1. The van der Waals surface area contributed by atoms with E-state index in [1.54, 1.807) is 29.9 Å². The summed E-state index contributed by atoms with van der Waals surface area (Å²) in [5, 5.41) is 7.76. The molecular weight excluding hydrogens is 318 g/mol. The van der Waals surface area contributed by atoms with E-state index in [4.69, 9.17) is 5.73 Å². The predicted molar refractivity (Wildman–Crippen MR) is 98.4 cm³/mol. The highest BCUT2D eigenvalue weighted by atomic mass is 16.2. The lowest BCUT2D eigenvalue weighted by atomic mass is 10.1. The van der Waals surface area contributed by atoms with E-state index in [2.05, 4.69) is 27.3 Å². The highest BCUT2D eigenvalue weighted by Crippen LogP contribution is 2.20. The van der Waals surface area contributed by atoms with Crippen molar-refractivity contribution in [1.29, 1.82) is 0 Å². The van der Waals surface area contributed by atoms with E-state index in [1.807, 2.05) is 24.3 Å². The van der Waals surface area contributed by atoms with Gasteiger partial charge in [0.1, 0.15) is 5.82 Å². The maximum atomic E-state index is 12.4. The van der Waals surface area contributed by atoms with Crippen LogP contribution in [0.2, 0.25) is 0 Å². The van der Waals surface area contributed by atoms with Crippen molar-refractivity contribution in [3.05, 3.63) is 36.0 Å². The minimum atomic E-state index is -0.143. The first-order valence-corrected chi connectivity index (χ1v) is 8.03. The summed E-state index contributed by atoms with van der Waals surface area (Å²) in [6.07, 6.45) is 2.48. The Labute approximate surface area is 145 Å². The minimum absolute atomic E-state index is 0.112. The summed E-state index contributed by atoms with van der Waals surface area (Å²) in [6, 6.07) is 7.76. The summed E-state index contributed by atoms with van der Waals surface area (Å²) in [7, 11) is 3.54. The van der Waals surface area contributed by atoms with Gasteiger partial charge < -0.3 is 16.0 Å². The fraction of sp³-hybridized carbons (Fsp3) is 0.294. The van der Waals surface area contributed by atoms with Crippen LogP contribution < -0.4 is 16.0 Å². The number of aryl methyl sites for hydroxylation is 2. The molecule has 0 aliphatic rings. The average Bonchev–Trinajstić information content (AvgIpc) is 2.97. The molecule has 8 heteroatoms. The van der Waals surface area contributed by atoms with Crippen LogP contribution in [-0.2, 0) is 18.3 Å². The van der Waals surface area contributed by atoms with Crippen molar-refractivity contribution < 1.29 is 4.79 Å². The van der Waals surface area contributed by atoms with Crippen molar-refractivity contribution in [1.82, 2.24) is 19.7 Å². The number of carbonyl (C=O) groups is 1. The third kappa shape index (κ3) is 3.37. The SMILES string of the molecule is CCc1ccccc1NC(=O)CN(C)c1nc(N)c2cnn(C)c2n1. The number of amides is 1. The Hall–Kier alpha value is -3.16. The fourth-order valence-electron chi connectivity index (χ4n) is 2.63. The monoisotopic (exact) mass is 339 g/mol. The van der Waals surface area contributed by atoms with Gasteiger partial charge >= 0.3 is 0 Å². The number of hydrogen-bond donors (Lipinski definition) is 2. The van der Waals surface area contributed by atoms with Crippen LogP contribution in [0.1, 0.15) is 12.5 Å². The number of anilines is 3. The zero-order valence-corrected chi connectivity index (χ0v) is 14.5. The van der Waals surface area contributed by atoms with Crippen molar-refractivity contribution in [2.45, 2.75) is 13.3 Å². The second-order valence-corrected chi connectivity index (χ2v) is 5.83. The van der Waals surface area contributed by atoms with Crippen molar-refractivity contribution in [2.24, 2.45) is 7.05 Å². The van der Waals surface area contributed by atoms with Crippen LogP contribution in [-0.4, -0.2) is 39.2 Å². The number of aromatic nitrogens is 4. The first kappa shape index (κ1) is 16.7. The fourth-order valence-corrected chi connectivity index (χ4v) is 2.63. The van der Waals surface area contributed by atoms with Crippen LogP contribution >= 0.6 is 0 Å². The quantitative estimate of drug-likeness (QED) is 0.732. The summed E-state index contributed by atoms with van der Waals surface area (Å²) < 4.78 is 1.63. The van der Waals surface area contributed by atoms with Crippen LogP contribution in [0.25, 0.3) is 11.0 Å². The third-order valence-electron chi connectivity index (χ3n) is 4.00. The van der Waals surface area contributed by atoms with Gasteiger partial charge in [0.05, 0.1) is 18.1 Å². The molecule has 0 aliphatic carbocycles. The van der Waals surface area contributed by atoms with Crippen molar-refractivity contribution >= 4 is 34.4 Å². The smallest absolute Gasteiger partial charge is 0.244 e. The van der Waals surface area contributed by atoms with Gasteiger partial charge in [-0.1, -0.05) is 25.1 Å². The number of nitrogens with one attached hydrogen (secondary N) is 1. The van der Waals surface area contributed by atoms with Gasteiger partial charge in [-0.2, -0.15) is 15.1 Å². The minimum Gasteiger partial charge on any atom is -0.383 e. The molecule has 3 N–H and O–H groups in total. The molecule has 0 spiro atoms. The number of carbonyl (C=O) groups excluding carboxylic acids is 1. The van der Waals surface area contributed by atoms with Gasteiger partial charge in [-0.15, -0.1) is 0 Å². The molecule has 2 heterocycles. The molecule has 1 amide bonds. The molecule has 0 radical (unpaired) electrons. The summed E-state index contributed by atoms with van der Waals surface area (Å²) in [5.74, 6) is 0.583. The Morgan fingerprint density at radius 2 is 2.08 bits per heavy atom. The number of benzene rings is 1. The van der Waals surface area contributed by atoms with Gasteiger partial charge in [0.15, 0.2) is 5.65 Å². The van der Waals surface area contributed by atoms with E-state index >= 15 is 0 Å². The lowest BCUT2D eigenvalue weighted by Crippen LogP contribution is -2.31. The van der Waals surface area contributed by atoms with E-state index < -0.39 is 0 Å². The summed E-state index contributed by atoms with van der Waals surface area (Å²) in [4.78, 5) is 22.7. The number of likely N-dealkylation sites (N-methyl/N-ethyl adjacent to an activating group) is 1. The van der Waals surface area contributed by atoms with Crippen LogP contribution in [0.5, 0.6) is 0 Å². The van der Waals surface area contributed by atoms with Crippen LogP contribution in [0.15, 0.2) is 30.5 Å². The Kier molecular flexibility index (Phi) is 4.51. The zero-order chi connectivity index (χ0) is 18.0. The molecule has 1 aromatic carbocycles. The van der Waals surface area contributed by atoms with E-state index in [0.717, 1.165) is 17.7 Å². The number of fused-ring (bicyclic) bond motifs is 1. The molecule has 0 atom stereocenters. The van der Waals surface area contributed by atoms with Crippen LogP contribution in [0.4, 0.5) is 17.5 Å². The standard InChI is InChI=1S/C17H21N7O/c1-4-11-7-5-6-8-13(11)20-14(25)10-23(2)17-21-15(18)12-9-19-24(3)16(12)22-17/h5-9H,4,10H2,1-3H3,(H,20,25)(H2,18,21,22). The Morgan fingerprint density at radius 3 is 2.84 bits per heavy atom. The first-order chi connectivity index (χ1) is 12.0. The molecular formula is C17H21N7O. The summed E-state index contributed by atoms with van der Waals surface area (Å²) in [5.41, 5.74) is 8.52. The maximum Gasteiger partial charge on any atom is 0.244 e. The largest absolute Gasteiger partial charge is 0.383 e. The van der Waals surface area contributed by atoms with E-state index in [1.165, 1.54) is 0 Å². The first-order valence-electron chi connectivity index (χ1n) is 8.03. The van der Waals surface area contributed by atoms with Crippen molar-refractivity contribution in [3.63, 3.8) is 0 Å². The number of rotatable bonds is 5. The topological polar surface area (TPSA) is 102 Å². The highest BCUT2D eigenvalue weighted by Gasteiger charge is 2.15. The molecule has 0 aliphatic heterocycles. The molecule has 25 heavy (non-hydrogen) atoms. The van der Waals surface area contributed by atoms with Crippen molar-refractivity contribution in [2.75, 3.05) is 29.5 Å². The number of para-hydroxylation sites is 1. The van der Waals surface area contributed by atoms with Crippen LogP contribution in [0, 0.1) is 0 Å². The number of nitrogens with two attached hydrogens (primary N) is 1. The lowest BCUT2D eigenvalue weighted by molar-refractivity contribution is -0.114. The van der Waals surface area contributed by atoms with E-state index in [0.29, 0.717) is 22.8 Å². The molecule has 3 rings (SSSR count). The Morgan fingerprint density at radius 1 is 1.32 bits per heavy atom. The van der Waals surface area contributed by atoms with E-state index in [9.17, 15) is 4.79 Å². The summed E-state index contributed by atoms with van der Waals surface area (Å²) in [6.45, 7) is 2.16. The maximum absolute atomic E-state index is 12.4. The molecule has 0 unspecified atom stereocenters. The van der Waals surface area contributed by atoms with Gasteiger partial charge in [-0.05, 0) is 18.1 Å². The van der Waals surface area contributed by atoms with Gasteiger partial charge in [-0.3, -0.25) is 9.48 Å². The summed E-state index contributed by atoms with van der Waals surface area (Å²) >= 11 is 0. The van der Waals surface area contributed by atoms with Gasteiger partial charge in [0.25, 0.3) is 0 Å². The molecule has 130 valence electrons. The molecule has 0 saturated heterocycles. The lowest BCUT2D eigenvalue weighted by Gasteiger charge is -2.18. The van der Waals surface area contributed by atoms with Gasteiger partial charge in [0, 0.05) is 19.8 Å². The molecule has 0 saturated carbocycles. The molecule has 8 nitrogen and oxygen atoms in total. The molecule has 0 fully saturated rings. The zero-order valence-electron chi connectivity index (χ0n) is 14.5. The average molecular weight is 339 g/mol. The van der Waals surface area contributed by atoms with Crippen LogP contribution in [0.3, 0.4) is 0 Å². The Bertz CT molecular complexity index is 919. The Balaban J connectivity index is 1.76. The van der Waals surface area contributed by atoms with E-state index in [-0.39, 0.29) is 12.5 Å². The number of hydrogen-bond acceptors (Lipinski definition) is 6. The second-order valence-electron chi connectivity index (χ2n) is 5.83. The predicted octanol–water partition coefficient (Wildman–Crippen LogP) is 1.58.